The van der Waals surface area contributed by atoms with Gasteiger partial charge in [-0.3, -0.25) is 9.89 Å². The van der Waals surface area contributed by atoms with Crippen molar-refractivity contribution < 1.29 is 9.90 Å². The van der Waals surface area contributed by atoms with Gasteiger partial charge in [-0.05, 0) is 6.92 Å². The molecule has 0 atom stereocenters. The number of aliphatic hydroxyl groups is 1. The van der Waals surface area contributed by atoms with Gasteiger partial charge in [0.15, 0.2) is 5.78 Å². The van der Waals surface area contributed by atoms with Gasteiger partial charge < -0.3 is 5.11 Å². The molecule has 3 aromatic rings. The number of ketones is 1. The first-order valence-electron chi connectivity index (χ1n) is 5.32. The average molecular weight is 262 g/mol. The molecule has 3 heterocycles. The van der Waals surface area contributed by atoms with Crippen molar-refractivity contribution in [1.29, 1.82) is 0 Å². The zero-order chi connectivity index (χ0) is 12.7. The van der Waals surface area contributed by atoms with Gasteiger partial charge in [0.05, 0.1) is 35.1 Å². The fraction of sp³-hybridized carbons (Fsp3) is 0.182. The number of nitrogens with zero attached hydrogens (tertiary/aromatic N) is 3. The zero-order valence-electron chi connectivity index (χ0n) is 9.54. The van der Waals surface area contributed by atoms with E-state index < -0.39 is 0 Å². The van der Waals surface area contributed by atoms with Crippen LogP contribution < -0.4 is 0 Å². The molecule has 7 heteroatoms. The summed E-state index contributed by atoms with van der Waals surface area (Å²) in [6.45, 7) is 1.42. The Morgan fingerprint density at radius 2 is 2.39 bits per heavy atom. The van der Waals surface area contributed by atoms with Crippen molar-refractivity contribution in [1.82, 2.24) is 19.8 Å². The molecule has 0 unspecified atom stereocenters. The summed E-state index contributed by atoms with van der Waals surface area (Å²) in [7, 11) is 0. The average Bonchev–Trinajstić information content (AvgIpc) is 3.01. The minimum Gasteiger partial charge on any atom is -0.390 e. The predicted molar refractivity (Wildman–Crippen MR) is 66.6 cm³/mol. The van der Waals surface area contributed by atoms with E-state index >= 15 is 0 Å². The van der Waals surface area contributed by atoms with Crippen LogP contribution in [0.5, 0.6) is 0 Å². The maximum atomic E-state index is 11.4. The topological polar surface area (TPSA) is 83.3 Å². The first-order chi connectivity index (χ1) is 8.70. The maximum absolute atomic E-state index is 11.4. The van der Waals surface area contributed by atoms with Crippen LogP contribution >= 0.6 is 11.3 Å². The molecule has 0 amide bonds. The monoisotopic (exact) mass is 262 g/mol. The number of aliphatic hydroxyl groups excluding tert-OH is 1. The summed E-state index contributed by atoms with van der Waals surface area (Å²) in [5.74, 6) is -0.00650. The minimum atomic E-state index is -0.102. The zero-order valence-corrected chi connectivity index (χ0v) is 10.4. The third-order valence-electron chi connectivity index (χ3n) is 2.72. The van der Waals surface area contributed by atoms with E-state index in [9.17, 15) is 9.90 Å². The second-order valence-corrected chi connectivity index (χ2v) is 4.91. The molecule has 6 nitrogen and oxygen atoms in total. The van der Waals surface area contributed by atoms with Gasteiger partial charge in [-0.2, -0.15) is 10.2 Å². The number of H-pyrrole nitrogens is 1. The summed E-state index contributed by atoms with van der Waals surface area (Å²) in [6.07, 6.45) is 5.06. The number of nitrogens with one attached hydrogen (secondary N) is 1. The van der Waals surface area contributed by atoms with Crippen molar-refractivity contribution in [2.45, 2.75) is 13.5 Å². The van der Waals surface area contributed by atoms with Crippen molar-refractivity contribution >= 4 is 22.0 Å². The molecule has 0 saturated carbocycles. The molecule has 0 aromatic carbocycles. The highest BCUT2D eigenvalue weighted by molar-refractivity contribution is 7.21. The SMILES string of the molecule is CC(=O)c1cnn2cc(-c3cn[nH]c3CO)sc12. The number of hydrogen-bond donors (Lipinski definition) is 2. The summed E-state index contributed by atoms with van der Waals surface area (Å²) < 4.78 is 1.67. The van der Waals surface area contributed by atoms with Crippen LogP contribution in [-0.4, -0.2) is 30.7 Å². The van der Waals surface area contributed by atoms with Gasteiger partial charge >= 0.3 is 0 Å². The quantitative estimate of drug-likeness (QED) is 0.700. The number of carbonyl (C=O) groups is 1. The fourth-order valence-electron chi connectivity index (χ4n) is 1.80. The lowest BCUT2D eigenvalue weighted by Crippen LogP contribution is -1.87. The van der Waals surface area contributed by atoms with E-state index in [-0.39, 0.29) is 12.4 Å². The highest BCUT2D eigenvalue weighted by atomic mass is 32.1. The lowest BCUT2D eigenvalue weighted by molar-refractivity contribution is 0.101. The van der Waals surface area contributed by atoms with Gasteiger partial charge in [0.1, 0.15) is 4.83 Å². The highest BCUT2D eigenvalue weighted by Crippen LogP contribution is 2.31. The second-order valence-electron chi connectivity index (χ2n) is 3.88. The van der Waals surface area contributed by atoms with Crippen LogP contribution in [0.2, 0.25) is 0 Å². The highest BCUT2D eigenvalue weighted by Gasteiger charge is 2.15. The number of aromatic amines is 1. The smallest absolute Gasteiger partial charge is 0.164 e. The summed E-state index contributed by atoms with van der Waals surface area (Å²) in [4.78, 5) is 13.2. The van der Waals surface area contributed by atoms with Gasteiger partial charge in [-0.1, -0.05) is 0 Å². The Labute approximate surface area is 106 Å². The lowest BCUT2D eigenvalue weighted by Gasteiger charge is -1.94. The first kappa shape index (κ1) is 11.1. The molecule has 0 saturated heterocycles. The number of Topliss-reactive ketones (excluding diaryl/α,β-unsaturated/α-hetero) is 1. The Bertz CT molecular complexity index is 724. The number of hydrogen-bond acceptors (Lipinski definition) is 5. The van der Waals surface area contributed by atoms with Crippen molar-refractivity contribution in [3.05, 3.63) is 29.8 Å². The Kier molecular flexibility index (Phi) is 2.49. The molecule has 0 fully saturated rings. The van der Waals surface area contributed by atoms with Crippen molar-refractivity contribution in [3.63, 3.8) is 0 Å². The van der Waals surface area contributed by atoms with E-state index in [4.69, 9.17) is 0 Å². The van der Waals surface area contributed by atoms with Crippen molar-refractivity contribution in [3.8, 4) is 10.4 Å². The Hall–Kier alpha value is -1.99. The number of fused-ring (bicyclic) bond motifs is 1. The largest absolute Gasteiger partial charge is 0.390 e. The molecule has 18 heavy (non-hydrogen) atoms. The molecule has 0 aliphatic heterocycles. The van der Waals surface area contributed by atoms with Crippen LogP contribution in [0.4, 0.5) is 0 Å². The fourth-order valence-corrected chi connectivity index (χ4v) is 2.94. The van der Waals surface area contributed by atoms with E-state index in [0.29, 0.717) is 11.3 Å². The molecule has 0 aliphatic rings. The molecule has 0 radical (unpaired) electrons. The van der Waals surface area contributed by atoms with Crippen LogP contribution in [0.1, 0.15) is 23.0 Å². The van der Waals surface area contributed by atoms with Crippen LogP contribution in [-0.2, 0) is 6.61 Å². The number of thiazole rings is 1. The van der Waals surface area contributed by atoms with Gasteiger partial charge in [-0.15, -0.1) is 11.3 Å². The third-order valence-corrected chi connectivity index (χ3v) is 3.86. The van der Waals surface area contributed by atoms with Crippen LogP contribution in [0.3, 0.4) is 0 Å². The molecule has 92 valence electrons. The molecule has 0 bridgehead atoms. The maximum Gasteiger partial charge on any atom is 0.164 e. The summed E-state index contributed by atoms with van der Waals surface area (Å²) in [5, 5.41) is 20.0. The van der Waals surface area contributed by atoms with Crippen LogP contribution in [0.15, 0.2) is 18.6 Å². The standard InChI is InChI=1S/C11H10N4O2S/c1-6(17)7-3-13-15-4-10(18-11(7)15)8-2-12-14-9(8)5-16/h2-4,16H,5H2,1H3,(H,12,14). The number of carbonyl (C=O) groups excluding carboxylic acids is 1. The predicted octanol–water partition coefficient (Wildman–Crippen LogP) is 1.48. The molecular formula is C11H10N4O2S. The van der Waals surface area contributed by atoms with Crippen LogP contribution in [0, 0.1) is 0 Å². The minimum absolute atomic E-state index is 0.00650. The molecule has 3 aromatic heterocycles. The van der Waals surface area contributed by atoms with E-state index in [1.54, 1.807) is 16.9 Å². The third kappa shape index (κ3) is 1.56. The number of aromatic nitrogens is 4. The second kappa shape index (κ2) is 4.04. The van der Waals surface area contributed by atoms with E-state index in [1.165, 1.54) is 18.3 Å². The molecule has 0 spiro atoms. The van der Waals surface area contributed by atoms with Gasteiger partial charge in [0.2, 0.25) is 0 Å². The molecular weight excluding hydrogens is 252 g/mol. The van der Waals surface area contributed by atoms with Crippen molar-refractivity contribution in [2.75, 3.05) is 0 Å². The van der Waals surface area contributed by atoms with Gasteiger partial charge in [-0.25, -0.2) is 4.52 Å². The van der Waals surface area contributed by atoms with Crippen LogP contribution in [0.25, 0.3) is 15.3 Å². The number of rotatable bonds is 3. The van der Waals surface area contributed by atoms with Crippen molar-refractivity contribution in [2.24, 2.45) is 0 Å². The molecule has 0 aliphatic carbocycles. The van der Waals surface area contributed by atoms with E-state index in [0.717, 1.165) is 15.3 Å². The summed E-state index contributed by atoms with van der Waals surface area (Å²) >= 11 is 1.45. The molecule has 3 rings (SSSR count). The van der Waals surface area contributed by atoms with E-state index in [1.807, 2.05) is 6.20 Å². The van der Waals surface area contributed by atoms with Gasteiger partial charge in [0, 0.05) is 11.8 Å². The summed E-state index contributed by atoms with van der Waals surface area (Å²) in [5.41, 5.74) is 2.10. The molecule has 2 N–H and O–H groups in total. The first-order valence-corrected chi connectivity index (χ1v) is 6.14. The lowest BCUT2D eigenvalue weighted by atomic mass is 10.2. The normalized spacial score (nSPS) is 11.2. The Balaban J connectivity index is 2.17. The van der Waals surface area contributed by atoms with Gasteiger partial charge in [0.25, 0.3) is 0 Å². The Morgan fingerprint density at radius 3 is 3.11 bits per heavy atom. The Morgan fingerprint density at radius 1 is 1.56 bits per heavy atom. The summed E-state index contributed by atoms with van der Waals surface area (Å²) in [6, 6.07) is 0. The van der Waals surface area contributed by atoms with E-state index in [2.05, 4.69) is 15.3 Å².